The van der Waals surface area contributed by atoms with Gasteiger partial charge in [0.1, 0.15) is 11.5 Å². The van der Waals surface area contributed by atoms with E-state index in [0.29, 0.717) is 12.8 Å². The van der Waals surface area contributed by atoms with Gasteiger partial charge in [-0.3, -0.25) is 4.79 Å². The molecule has 1 aromatic heterocycles. The van der Waals surface area contributed by atoms with Crippen molar-refractivity contribution in [2.45, 2.75) is 26.3 Å². The van der Waals surface area contributed by atoms with Crippen LogP contribution in [0.2, 0.25) is 0 Å². The summed E-state index contributed by atoms with van der Waals surface area (Å²) < 4.78 is 7.42. The second-order valence-electron chi connectivity index (χ2n) is 5.75. The minimum atomic E-state index is 0.276. The van der Waals surface area contributed by atoms with Crippen LogP contribution in [0.1, 0.15) is 24.5 Å². The number of fused-ring (bicyclic) bond motifs is 1. The highest BCUT2D eigenvalue weighted by Crippen LogP contribution is 2.20. The zero-order valence-corrected chi connectivity index (χ0v) is 13.6. The van der Waals surface area contributed by atoms with Gasteiger partial charge in [-0.1, -0.05) is 31.2 Å². The molecule has 0 aliphatic rings. The average Bonchev–Trinajstić information content (AvgIpc) is 2.98. The number of aromatic nitrogens is 1. The molecule has 23 heavy (non-hydrogen) atoms. The molecule has 0 aliphatic carbocycles. The van der Waals surface area contributed by atoms with Crippen LogP contribution in [0.4, 0.5) is 0 Å². The van der Waals surface area contributed by atoms with Crippen LogP contribution in [0, 0.1) is 0 Å². The van der Waals surface area contributed by atoms with Crippen LogP contribution < -0.4 is 4.74 Å². The molecule has 3 heteroatoms. The van der Waals surface area contributed by atoms with Crippen molar-refractivity contribution in [2.24, 2.45) is 0 Å². The van der Waals surface area contributed by atoms with Gasteiger partial charge in [0.15, 0.2) is 0 Å². The zero-order valence-electron chi connectivity index (χ0n) is 13.6. The Morgan fingerprint density at radius 1 is 1.04 bits per heavy atom. The maximum absolute atomic E-state index is 11.7. The Kier molecular flexibility index (Phi) is 4.47. The lowest BCUT2D eigenvalue weighted by Crippen LogP contribution is -2.01. The Balaban J connectivity index is 1.87. The first kappa shape index (κ1) is 15.3. The number of methoxy groups -OCH3 is 1. The molecule has 0 amide bonds. The molecule has 2 aromatic carbocycles. The van der Waals surface area contributed by atoms with Crippen LogP contribution in [0.15, 0.2) is 54.7 Å². The van der Waals surface area contributed by atoms with E-state index < -0.39 is 0 Å². The lowest BCUT2D eigenvalue weighted by Gasteiger charge is -2.08. The number of ether oxygens (including phenoxy) is 1. The SMILES string of the molecule is CCC(=O)Cc1ccc2ccn(Cc3ccc(OC)cc3)c2c1. The molecule has 0 bridgehead atoms. The summed E-state index contributed by atoms with van der Waals surface area (Å²) in [6.45, 7) is 2.71. The number of hydrogen-bond donors (Lipinski definition) is 0. The van der Waals surface area contributed by atoms with Gasteiger partial charge in [-0.2, -0.15) is 0 Å². The highest BCUT2D eigenvalue weighted by atomic mass is 16.5. The van der Waals surface area contributed by atoms with Crippen molar-refractivity contribution in [3.05, 3.63) is 65.9 Å². The third-order valence-corrected chi connectivity index (χ3v) is 4.15. The number of nitrogens with zero attached hydrogens (tertiary/aromatic N) is 1. The van der Waals surface area contributed by atoms with Crippen molar-refractivity contribution < 1.29 is 9.53 Å². The lowest BCUT2D eigenvalue weighted by molar-refractivity contribution is -0.118. The molecule has 0 unspecified atom stereocenters. The van der Waals surface area contributed by atoms with Crippen molar-refractivity contribution in [1.29, 1.82) is 0 Å². The third kappa shape index (κ3) is 3.45. The average molecular weight is 307 g/mol. The van der Waals surface area contributed by atoms with E-state index >= 15 is 0 Å². The molecule has 3 aromatic rings. The van der Waals surface area contributed by atoms with Gasteiger partial charge in [0.25, 0.3) is 0 Å². The largest absolute Gasteiger partial charge is 0.497 e. The molecule has 0 atom stereocenters. The molecule has 0 radical (unpaired) electrons. The standard InChI is InChI=1S/C20H21NO2/c1-3-18(22)12-16-4-7-17-10-11-21(20(17)13-16)14-15-5-8-19(23-2)9-6-15/h4-11,13H,3,12,14H2,1-2H3. The fourth-order valence-corrected chi connectivity index (χ4v) is 2.76. The maximum Gasteiger partial charge on any atom is 0.136 e. The summed E-state index contributed by atoms with van der Waals surface area (Å²) in [4.78, 5) is 11.7. The third-order valence-electron chi connectivity index (χ3n) is 4.15. The topological polar surface area (TPSA) is 31.2 Å². The smallest absolute Gasteiger partial charge is 0.136 e. The summed E-state index contributed by atoms with van der Waals surface area (Å²) in [5.74, 6) is 1.14. The summed E-state index contributed by atoms with van der Waals surface area (Å²) in [5.41, 5.74) is 3.47. The van der Waals surface area contributed by atoms with E-state index in [4.69, 9.17) is 4.74 Å². The fraction of sp³-hybridized carbons (Fsp3) is 0.250. The summed E-state index contributed by atoms with van der Waals surface area (Å²) in [6.07, 6.45) is 3.20. The zero-order chi connectivity index (χ0) is 16.2. The Hall–Kier alpha value is -2.55. The van der Waals surface area contributed by atoms with E-state index in [1.54, 1.807) is 7.11 Å². The number of rotatable bonds is 6. The molecular weight excluding hydrogens is 286 g/mol. The number of ketones is 1. The number of hydrogen-bond acceptors (Lipinski definition) is 2. The molecule has 0 aliphatic heterocycles. The molecule has 1 heterocycles. The second kappa shape index (κ2) is 6.69. The number of benzene rings is 2. The van der Waals surface area contributed by atoms with E-state index in [-0.39, 0.29) is 5.78 Å². The molecule has 0 fully saturated rings. The van der Waals surface area contributed by atoms with E-state index in [9.17, 15) is 4.79 Å². The number of Topliss-reactive ketones (excluding diaryl/α,β-unsaturated/α-hetero) is 1. The normalized spacial score (nSPS) is 10.9. The first-order chi connectivity index (χ1) is 11.2. The molecular formula is C20H21NO2. The van der Waals surface area contributed by atoms with Gasteiger partial charge in [-0.25, -0.2) is 0 Å². The Morgan fingerprint density at radius 2 is 1.78 bits per heavy atom. The van der Waals surface area contributed by atoms with Crippen molar-refractivity contribution in [1.82, 2.24) is 4.57 Å². The number of carbonyl (C=O) groups excluding carboxylic acids is 1. The summed E-state index contributed by atoms with van der Waals surface area (Å²) in [6, 6.07) is 16.5. The van der Waals surface area contributed by atoms with Crippen molar-refractivity contribution in [3.8, 4) is 5.75 Å². The quantitative estimate of drug-likeness (QED) is 0.683. The Bertz CT molecular complexity index is 815. The van der Waals surface area contributed by atoms with Gasteiger partial charge >= 0.3 is 0 Å². The van der Waals surface area contributed by atoms with E-state index in [1.165, 1.54) is 16.5 Å². The summed E-state index contributed by atoms with van der Waals surface area (Å²) >= 11 is 0. The predicted molar refractivity (Wildman–Crippen MR) is 93.0 cm³/mol. The van der Waals surface area contributed by atoms with E-state index in [0.717, 1.165) is 17.9 Å². The fourth-order valence-electron chi connectivity index (χ4n) is 2.76. The lowest BCUT2D eigenvalue weighted by atomic mass is 10.1. The second-order valence-corrected chi connectivity index (χ2v) is 5.75. The summed E-state index contributed by atoms with van der Waals surface area (Å²) in [7, 11) is 1.67. The van der Waals surface area contributed by atoms with Gasteiger partial charge in [-0.05, 0) is 40.8 Å². The molecule has 0 N–H and O–H groups in total. The van der Waals surface area contributed by atoms with Gasteiger partial charge in [0, 0.05) is 31.1 Å². The van der Waals surface area contributed by atoms with Crippen molar-refractivity contribution in [3.63, 3.8) is 0 Å². The summed E-state index contributed by atoms with van der Waals surface area (Å²) in [5, 5.41) is 1.20. The first-order valence-electron chi connectivity index (χ1n) is 7.92. The molecule has 0 saturated heterocycles. The predicted octanol–water partition coefficient (Wildman–Crippen LogP) is 4.22. The molecule has 0 saturated carbocycles. The maximum atomic E-state index is 11.7. The molecule has 3 rings (SSSR count). The van der Waals surface area contributed by atoms with Crippen LogP contribution in [-0.4, -0.2) is 17.5 Å². The van der Waals surface area contributed by atoms with Gasteiger partial charge in [0.2, 0.25) is 0 Å². The Morgan fingerprint density at radius 3 is 2.48 bits per heavy atom. The van der Waals surface area contributed by atoms with Crippen LogP contribution in [0.25, 0.3) is 10.9 Å². The minimum Gasteiger partial charge on any atom is -0.497 e. The van der Waals surface area contributed by atoms with Crippen molar-refractivity contribution in [2.75, 3.05) is 7.11 Å². The van der Waals surface area contributed by atoms with Crippen LogP contribution in [0.3, 0.4) is 0 Å². The number of carbonyl (C=O) groups is 1. The Labute approximate surface area is 136 Å². The van der Waals surface area contributed by atoms with Crippen LogP contribution in [-0.2, 0) is 17.8 Å². The van der Waals surface area contributed by atoms with Gasteiger partial charge < -0.3 is 9.30 Å². The van der Waals surface area contributed by atoms with E-state index in [1.807, 2.05) is 25.1 Å². The van der Waals surface area contributed by atoms with Crippen molar-refractivity contribution >= 4 is 16.7 Å². The minimum absolute atomic E-state index is 0.276. The van der Waals surface area contributed by atoms with Crippen LogP contribution in [0.5, 0.6) is 5.75 Å². The molecule has 118 valence electrons. The highest BCUT2D eigenvalue weighted by molar-refractivity contribution is 5.84. The van der Waals surface area contributed by atoms with Gasteiger partial charge in [0.05, 0.1) is 7.11 Å². The molecule has 0 spiro atoms. The molecule has 3 nitrogen and oxygen atoms in total. The van der Waals surface area contributed by atoms with E-state index in [2.05, 4.69) is 41.1 Å². The first-order valence-corrected chi connectivity index (χ1v) is 7.92. The highest BCUT2D eigenvalue weighted by Gasteiger charge is 2.06. The van der Waals surface area contributed by atoms with Gasteiger partial charge in [-0.15, -0.1) is 0 Å². The van der Waals surface area contributed by atoms with Crippen LogP contribution >= 0.6 is 0 Å². The monoisotopic (exact) mass is 307 g/mol.